The lowest BCUT2D eigenvalue weighted by Crippen LogP contribution is -2.23. The van der Waals surface area contributed by atoms with Gasteiger partial charge in [-0.3, -0.25) is 0 Å². The van der Waals surface area contributed by atoms with Gasteiger partial charge in [0.2, 0.25) is 0 Å². The molecule has 1 saturated carbocycles. The van der Waals surface area contributed by atoms with E-state index in [4.69, 9.17) is 0 Å². The zero-order valence-electron chi connectivity index (χ0n) is 9.19. The lowest BCUT2D eigenvalue weighted by Gasteiger charge is -2.32. The summed E-state index contributed by atoms with van der Waals surface area (Å²) in [6.45, 7) is 9.58. The summed E-state index contributed by atoms with van der Waals surface area (Å²) in [5.74, 6) is 1.89. The van der Waals surface area contributed by atoms with Gasteiger partial charge in [0.1, 0.15) is 0 Å². The van der Waals surface area contributed by atoms with Crippen LogP contribution in [0.3, 0.4) is 0 Å². The lowest BCUT2D eigenvalue weighted by molar-refractivity contribution is 0.178. The van der Waals surface area contributed by atoms with Crippen LogP contribution >= 0.6 is 0 Å². The van der Waals surface area contributed by atoms with E-state index in [1.54, 1.807) is 0 Å². The second-order valence-corrected chi connectivity index (χ2v) is 5.25. The molecule has 0 N–H and O–H groups in total. The summed E-state index contributed by atoms with van der Waals surface area (Å²) >= 11 is 0. The Morgan fingerprint density at radius 2 is 2.08 bits per heavy atom. The molecule has 0 bridgehead atoms. The second-order valence-electron chi connectivity index (χ2n) is 5.25. The van der Waals surface area contributed by atoms with Crippen LogP contribution in [0.2, 0.25) is 0 Å². The third-order valence-electron chi connectivity index (χ3n) is 3.65. The van der Waals surface area contributed by atoms with E-state index >= 15 is 0 Å². The van der Waals surface area contributed by atoms with E-state index in [0.29, 0.717) is 5.41 Å². The van der Waals surface area contributed by atoms with Gasteiger partial charge < -0.3 is 0 Å². The van der Waals surface area contributed by atoms with E-state index in [-0.39, 0.29) is 0 Å². The fraction of sp³-hybridized carbons (Fsp3) is 1.00. The predicted octanol–water partition coefficient (Wildman–Crippen LogP) is 4.25. The summed E-state index contributed by atoms with van der Waals surface area (Å²) in [5.41, 5.74) is 0.683. The standard InChI is InChI=1S/C12H24/c1-5-11-7-6-8-12(11,4)9-10(2)3/h10-11H,5-9H2,1-4H3. The highest BCUT2D eigenvalue weighted by Gasteiger charge is 2.37. The predicted molar refractivity (Wildman–Crippen MR) is 55.2 cm³/mol. The van der Waals surface area contributed by atoms with Gasteiger partial charge in [-0.15, -0.1) is 0 Å². The normalized spacial score (nSPS) is 36.2. The topological polar surface area (TPSA) is 0 Å². The van der Waals surface area contributed by atoms with Crippen LogP contribution in [0.15, 0.2) is 0 Å². The van der Waals surface area contributed by atoms with Crippen molar-refractivity contribution in [2.45, 2.75) is 59.8 Å². The molecule has 0 heteroatoms. The van der Waals surface area contributed by atoms with Crippen LogP contribution < -0.4 is 0 Å². The molecule has 0 aliphatic heterocycles. The minimum Gasteiger partial charge on any atom is -0.0651 e. The van der Waals surface area contributed by atoms with Crippen molar-refractivity contribution in [3.8, 4) is 0 Å². The van der Waals surface area contributed by atoms with Gasteiger partial charge >= 0.3 is 0 Å². The maximum Gasteiger partial charge on any atom is -0.0295 e. The Hall–Kier alpha value is 0. The van der Waals surface area contributed by atoms with Crippen molar-refractivity contribution in [1.82, 2.24) is 0 Å². The highest BCUT2D eigenvalue weighted by Crippen LogP contribution is 2.48. The van der Waals surface area contributed by atoms with Gasteiger partial charge in [0.25, 0.3) is 0 Å². The summed E-state index contributed by atoms with van der Waals surface area (Å²) in [6.07, 6.45) is 7.26. The van der Waals surface area contributed by atoms with Crippen molar-refractivity contribution in [2.75, 3.05) is 0 Å². The van der Waals surface area contributed by atoms with Gasteiger partial charge in [-0.05, 0) is 36.5 Å². The van der Waals surface area contributed by atoms with Gasteiger partial charge in [-0.25, -0.2) is 0 Å². The summed E-state index contributed by atoms with van der Waals surface area (Å²) in [7, 11) is 0. The molecule has 1 rings (SSSR count). The number of rotatable bonds is 3. The smallest absolute Gasteiger partial charge is 0.0295 e. The zero-order valence-corrected chi connectivity index (χ0v) is 9.19. The van der Waals surface area contributed by atoms with Crippen molar-refractivity contribution >= 4 is 0 Å². The molecule has 0 nitrogen and oxygen atoms in total. The maximum atomic E-state index is 2.51. The van der Waals surface area contributed by atoms with Crippen molar-refractivity contribution in [3.63, 3.8) is 0 Å². The quantitative estimate of drug-likeness (QED) is 0.591. The SMILES string of the molecule is CCC1CCCC1(C)CC(C)C. The molecule has 2 atom stereocenters. The Kier molecular flexibility index (Phi) is 3.20. The number of hydrogen-bond donors (Lipinski definition) is 0. The number of hydrogen-bond acceptors (Lipinski definition) is 0. The molecular formula is C12H24. The first kappa shape index (κ1) is 10.1. The Bertz CT molecular complexity index is 137. The summed E-state index contributed by atoms with van der Waals surface area (Å²) in [6, 6.07) is 0. The van der Waals surface area contributed by atoms with E-state index in [0.717, 1.165) is 11.8 Å². The van der Waals surface area contributed by atoms with E-state index in [2.05, 4.69) is 27.7 Å². The first-order chi connectivity index (χ1) is 5.58. The molecule has 0 aromatic carbocycles. The molecule has 0 radical (unpaired) electrons. The minimum absolute atomic E-state index is 0.683. The van der Waals surface area contributed by atoms with E-state index in [1.165, 1.54) is 32.1 Å². The van der Waals surface area contributed by atoms with Crippen LogP contribution in [0.4, 0.5) is 0 Å². The summed E-state index contributed by atoms with van der Waals surface area (Å²) in [4.78, 5) is 0. The second kappa shape index (κ2) is 3.81. The van der Waals surface area contributed by atoms with Crippen LogP contribution in [0.25, 0.3) is 0 Å². The molecule has 0 aromatic heterocycles. The molecular weight excluding hydrogens is 144 g/mol. The fourth-order valence-corrected chi connectivity index (χ4v) is 3.20. The Morgan fingerprint density at radius 1 is 1.42 bits per heavy atom. The molecule has 0 amide bonds. The monoisotopic (exact) mass is 168 g/mol. The van der Waals surface area contributed by atoms with Crippen LogP contribution in [-0.4, -0.2) is 0 Å². The summed E-state index contributed by atoms with van der Waals surface area (Å²) < 4.78 is 0. The molecule has 2 unspecified atom stereocenters. The van der Waals surface area contributed by atoms with Crippen molar-refractivity contribution in [2.24, 2.45) is 17.3 Å². The zero-order chi connectivity index (χ0) is 9.19. The first-order valence-corrected chi connectivity index (χ1v) is 5.58. The van der Waals surface area contributed by atoms with Crippen LogP contribution in [-0.2, 0) is 0 Å². The van der Waals surface area contributed by atoms with Crippen LogP contribution in [0, 0.1) is 17.3 Å². The van der Waals surface area contributed by atoms with Gasteiger partial charge in [-0.1, -0.05) is 40.5 Å². The molecule has 1 fully saturated rings. The van der Waals surface area contributed by atoms with Crippen LogP contribution in [0.1, 0.15) is 59.8 Å². The first-order valence-electron chi connectivity index (χ1n) is 5.58. The molecule has 0 saturated heterocycles. The minimum atomic E-state index is 0.683. The van der Waals surface area contributed by atoms with E-state index < -0.39 is 0 Å². The average molecular weight is 168 g/mol. The largest absolute Gasteiger partial charge is 0.0651 e. The third-order valence-corrected chi connectivity index (χ3v) is 3.65. The van der Waals surface area contributed by atoms with Crippen LogP contribution in [0.5, 0.6) is 0 Å². The maximum absolute atomic E-state index is 2.51. The van der Waals surface area contributed by atoms with Gasteiger partial charge in [0, 0.05) is 0 Å². The molecule has 0 spiro atoms. The average Bonchev–Trinajstić information content (AvgIpc) is 2.28. The summed E-state index contributed by atoms with van der Waals surface area (Å²) in [5, 5.41) is 0. The fourth-order valence-electron chi connectivity index (χ4n) is 3.20. The lowest BCUT2D eigenvalue weighted by atomic mass is 9.73. The van der Waals surface area contributed by atoms with Gasteiger partial charge in [-0.2, -0.15) is 0 Å². The molecule has 0 aromatic rings. The molecule has 1 aliphatic carbocycles. The molecule has 72 valence electrons. The highest BCUT2D eigenvalue weighted by atomic mass is 14.4. The third kappa shape index (κ3) is 2.02. The van der Waals surface area contributed by atoms with Crippen molar-refractivity contribution in [1.29, 1.82) is 0 Å². The van der Waals surface area contributed by atoms with E-state index in [1.807, 2.05) is 0 Å². The van der Waals surface area contributed by atoms with E-state index in [9.17, 15) is 0 Å². The highest BCUT2D eigenvalue weighted by molar-refractivity contribution is 4.88. The molecule has 1 aliphatic rings. The Labute approximate surface area is 77.7 Å². The van der Waals surface area contributed by atoms with Gasteiger partial charge in [0.05, 0.1) is 0 Å². The Morgan fingerprint density at radius 3 is 2.58 bits per heavy atom. The molecule has 12 heavy (non-hydrogen) atoms. The van der Waals surface area contributed by atoms with Gasteiger partial charge in [0.15, 0.2) is 0 Å². The van der Waals surface area contributed by atoms with Crippen molar-refractivity contribution < 1.29 is 0 Å². The Balaban J connectivity index is 2.55. The molecule has 0 heterocycles. The van der Waals surface area contributed by atoms with Crippen molar-refractivity contribution in [3.05, 3.63) is 0 Å².